The van der Waals surface area contributed by atoms with Crippen LogP contribution in [0.5, 0.6) is 0 Å². The van der Waals surface area contributed by atoms with Crippen molar-refractivity contribution >= 4 is 26.0 Å². The molecule has 0 N–H and O–H groups in total. The fraction of sp³-hybridized carbons (Fsp3) is 0.455. The molecule has 0 radical (unpaired) electrons. The van der Waals surface area contributed by atoms with Crippen LogP contribution in [-0.2, 0) is 14.8 Å². The van der Waals surface area contributed by atoms with E-state index < -0.39 is 10.0 Å². The van der Waals surface area contributed by atoms with Crippen LogP contribution < -0.4 is 0 Å². The molecule has 6 heteroatoms. The van der Waals surface area contributed by atoms with Gasteiger partial charge in [-0.2, -0.15) is 4.31 Å². The van der Waals surface area contributed by atoms with E-state index in [0.29, 0.717) is 24.6 Å². The van der Waals surface area contributed by atoms with Crippen LogP contribution in [0.2, 0.25) is 0 Å². The van der Waals surface area contributed by atoms with Gasteiger partial charge in [0, 0.05) is 17.6 Å². The number of rotatable bonds is 2. The molecule has 1 aromatic carbocycles. The third kappa shape index (κ3) is 2.88. The molecule has 1 saturated heterocycles. The molecular formula is C11H14BrNO3S. The zero-order valence-electron chi connectivity index (χ0n) is 9.47. The number of sulfonamides is 1. The highest BCUT2D eigenvalue weighted by atomic mass is 79.9. The van der Waals surface area contributed by atoms with E-state index in [4.69, 9.17) is 4.74 Å². The van der Waals surface area contributed by atoms with Gasteiger partial charge in [0.25, 0.3) is 0 Å². The van der Waals surface area contributed by atoms with Crippen LogP contribution in [-0.4, -0.2) is 38.5 Å². The molecule has 0 unspecified atom stereocenters. The highest BCUT2D eigenvalue weighted by Gasteiger charge is 2.28. The van der Waals surface area contributed by atoms with Crippen molar-refractivity contribution in [2.75, 3.05) is 19.7 Å². The molecule has 1 aliphatic rings. The molecule has 2 rings (SSSR count). The van der Waals surface area contributed by atoms with Gasteiger partial charge in [0.2, 0.25) is 10.0 Å². The van der Waals surface area contributed by atoms with E-state index in [1.165, 1.54) is 4.31 Å². The van der Waals surface area contributed by atoms with Crippen molar-refractivity contribution in [2.45, 2.75) is 17.9 Å². The van der Waals surface area contributed by atoms with Gasteiger partial charge in [0.05, 0.1) is 17.6 Å². The molecule has 0 aromatic heterocycles. The topological polar surface area (TPSA) is 46.6 Å². The normalized spacial score (nSPS) is 22.6. The van der Waals surface area contributed by atoms with E-state index in [0.717, 1.165) is 4.47 Å². The first-order valence-corrected chi connectivity index (χ1v) is 7.61. The standard InChI is InChI=1S/C11H14BrNO3S/c1-9-8-13(6-7-16-9)17(14,15)11-4-2-10(12)3-5-11/h2-5,9H,6-8H2,1H3/t9-/m0/s1. The Morgan fingerprint density at radius 1 is 1.35 bits per heavy atom. The lowest BCUT2D eigenvalue weighted by Gasteiger charge is -2.30. The number of benzene rings is 1. The van der Waals surface area contributed by atoms with Gasteiger partial charge in [0.1, 0.15) is 0 Å². The van der Waals surface area contributed by atoms with Crippen molar-refractivity contribution in [1.82, 2.24) is 4.31 Å². The van der Waals surface area contributed by atoms with Crippen molar-refractivity contribution in [1.29, 1.82) is 0 Å². The van der Waals surface area contributed by atoms with Gasteiger partial charge in [-0.3, -0.25) is 0 Å². The zero-order valence-corrected chi connectivity index (χ0v) is 11.9. The molecule has 0 amide bonds. The summed E-state index contributed by atoms with van der Waals surface area (Å²) >= 11 is 3.29. The SMILES string of the molecule is C[C@H]1CN(S(=O)(=O)c2ccc(Br)cc2)CCO1. The molecule has 0 aliphatic carbocycles. The Morgan fingerprint density at radius 3 is 2.59 bits per heavy atom. The van der Waals surface area contributed by atoms with Crippen LogP contribution in [0.4, 0.5) is 0 Å². The molecule has 1 heterocycles. The molecule has 17 heavy (non-hydrogen) atoms. The minimum absolute atomic E-state index is 0.0472. The fourth-order valence-electron chi connectivity index (χ4n) is 1.76. The van der Waals surface area contributed by atoms with E-state index in [-0.39, 0.29) is 6.10 Å². The van der Waals surface area contributed by atoms with Gasteiger partial charge in [-0.25, -0.2) is 8.42 Å². The summed E-state index contributed by atoms with van der Waals surface area (Å²) in [6.45, 7) is 3.17. The Hall–Kier alpha value is -0.430. The van der Waals surface area contributed by atoms with Gasteiger partial charge in [-0.05, 0) is 31.2 Å². The number of halogens is 1. The Labute approximate surface area is 110 Å². The Bertz CT molecular complexity index is 486. The monoisotopic (exact) mass is 319 g/mol. The maximum atomic E-state index is 12.3. The molecule has 0 bridgehead atoms. The maximum absolute atomic E-state index is 12.3. The van der Waals surface area contributed by atoms with E-state index in [9.17, 15) is 8.42 Å². The summed E-state index contributed by atoms with van der Waals surface area (Å²) in [6.07, 6.45) is -0.0472. The summed E-state index contributed by atoms with van der Waals surface area (Å²) in [5.41, 5.74) is 0. The van der Waals surface area contributed by atoms with Crippen molar-refractivity contribution in [3.63, 3.8) is 0 Å². The predicted molar refractivity (Wildman–Crippen MR) is 68.3 cm³/mol. The summed E-state index contributed by atoms with van der Waals surface area (Å²) in [7, 11) is -3.38. The summed E-state index contributed by atoms with van der Waals surface area (Å²) in [6, 6.07) is 6.69. The highest BCUT2D eigenvalue weighted by Crippen LogP contribution is 2.20. The molecule has 1 aromatic rings. The summed E-state index contributed by atoms with van der Waals surface area (Å²) in [4.78, 5) is 0.329. The number of nitrogens with zero attached hydrogens (tertiary/aromatic N) is 1. The van der Waals surface area contributed by atoms with E-state index in [1.54, 1.807) is 24.3 Å². The number of hydrogen-bond acceptors (Lipinski definition) is 3. The molecule has 1 atom stereocenters. The van der Waals surface area contributed by atoms with Crippen LogP contribution in [0.3, 0.4) is 0 Å². The number of morpholine rings is 1. The second kappa shape index (κ2) is 5.06. The maximum Gasteiger partial charge on any atom is 0.243 e. The van der Waals surface area contributed by atoms with Crippen LogP contribution in [0.25, 0.3) is 0 Å². The van der Waals surface area contributed by atoms with Crippen LogP contribution in [0.15, 0.2) is 33.6 Å². The summed E-state index contributed by atoms with van der Waals surface area (Å²) in [5, 5.41) is 0. The lowest BCUT2D eigenvalue weighted by Crippen LogP contribution is -2.44. The third-order valence-electron chi connectivity index (χ3n) is 2.66. The first-order chi connectivity index (χ1) is 8.00. The lowest BCUT2D eigenvalue weighted by atomic mass is 10.3. The second-order valence-electron chi connectivity index (χ2n) is 4.00. The quantitative estimate of drug-likeness (QED) is 0.836. The van der Waals surface area contributed by atoms with Crippen molar-refractivity contribution < 1.29 is 13.2 Å². The van der Waals surface area contributed by atoms with Crippen molar-refractivity contribution in [3.8, 4) is 0 Å². The number of hydrogen-bond donors (Lipinski definition) is 0. The second-order valence-corrected chi connectivity index (χ2v) is 6.85. The largest absolute Gasteiger partial charge is 0.376 e. The molecule has 0 spiro atoms. The number of ether oxygens (including phenoxy) is 1. The molecule has 1 fully saturated rings. The van der Waals surface area contributed by atoms with Gasteiger partial charge in [0.15, 0.2) is 0 Å². The minimum atomic E-state index is -3.38. The van der Waals surface area contributed by atoms with Crippen LogP contribution in [0.1, 0.15) is 6.92 Å². The van der Waals surface area contributed by atoms with Gasteiger partial charge in [-0.1, -0.05) is 15.9 Å². The summed E-state index contributed by atoms with van der Waals surface area (Å²) < 4.78 is 32.3. The fourth-order valence-corrected chi connectivity index (χ4v) is 3.52. The highest BCUT2D eigenvalue weighted by molar-refractivity contribution is 9.10. The predicted octanol–water partition coefficient (Wildman–Crippen LogP) is 1.86. The smallest absolute Gasteiger partial charge is 0.243 e. The first-order valence-electron chi connectivity index (χ1n) is 5.37. The van der Waals surface area contributed by atoms with Gasteiger partial charge in [-0.15, -0.1) is 0 Å². The Morgan fingerprint density at radius 2 is 2.00 bits per heavy atom. The Kier molecular flexibility index (Phi) is 3.87. The van der Waals surface area contributed by atoms with E-state index >= 15 is 0 Å². The first kappa shape index (κ1) is 13.0. The van der Waals surface area contributed by atoms with Gasteiger partial charge >= 0.3 is 0 Å². The van der Waals surface area contributed by atoms with Gasteiger partial charge < -0.3 is 4.74 Å². The van der Waals surface area contributed by atoms with E-state index in [1.807, 2.05) is 6.92 Å². The molecule has 4 nitrogen and oxygen atoms in total. The lowest BCUT2D eigenvalue weighted by molar-refractivity contribution is 0.0102. The zero-order chi connectivity index (χ0) is 12.5. The molecular weight excluding hydrogens is 306 g/mol. The average molecular weight is 320 g/mol. The minimum Gasteiger partial charge on any atom is -0.376 e. The molecule has 94 valence electrons. The Balaban J connectivity index is 2.26. The third-order valence-corrected chi connectivity index (χ3v) is 5.06. The van der Waals surface area contributed by atoms with E-state index in [2.05, 4.69) is 15.9 Å². The average Bonchev–Trinajstić information content (AvgIpc) is 2.29. The summed E-state index contributed by atoms with van der Waals surface area (Å²) in [5.74, 6) is 0. The van der Waals surface area contributed by atoms with Crippen molar-refractivity contribution in [3.05, 3.63) is 28.7 Å². The molecule has 1 aliphatic heterocycles. The van der Waals surface area contributed by atoms with Crippen LogP contribution >= 0.6 is 15.9 Å². The molecule has 0 saturated carbocycles. The van der Waals surface area contributed by atoms with Crippen LogP contribution in [0, 0.1) is 0 Å². The van der Waals surface area contributed by atoms with Crippen molar-refractivity contribution in [2.24, 2.45) is 0 Å².